The summed E-state index contributed by atoms with van der Waals surface area (Å²) in [5.41, 5.74) is -0.938. The molecule has 1 heterocycles. The normalized spacial score (nSPS) is 23.2. The Labute approximate surface area is 296 Å². The molecule has 4 N–H and O–H groups in total. The van der Waals surface area contributed by atoms with Crippen molar-refractivity contribution >= 4 is 17.8 Å². The summed E-state index contributed by atoms with van der Waals surface area (Å²) in [5, 5.41) is 19.3. The topological polar surface area (TPSA) is 120 Å². The van der Waals surface area contributed by atoms with E-state index in [1.165, 1.54) is 0 Å². The zero-order chi connectivity index (χ0) is 47.5. The second-order valence-electron chi connectivity index (χ2n) is 10.7. The minimum atomic E-state index is -3.92. The number of carbonyl (C=O) groups is 3. The highest BCUT2D eigenvalue weighted by molar-refractivity contribution is 5.87. The van der Waals surface area contributed by atoms with Crippen molar-refractivity contribution in [3.8, 4) is 5.75 Å². The minimum absolute atomic E-state index is 0.0528. The van der Waals surface area contributed by atoms with Gasteiger partial charge in [-0.15, -0.1) is 0 Å². The molecule has 4 atom stereocenters. The Kier molecular flexibility index (Phi) is 6.61. The zero-order valence-electron chi connectivity index (χ0n) is 42.0. The van der Waals surface area contributed by atoms with Gasteiger partial charge in [-0.3, -0.25) is 9.59 Å². The Morgan fingerprint density at radius 1 is 1.02 bits per heavy atom. The van der Waals surface area contributed by atoms with Crippen molar-refractivity contribution in [3.63, 3.8) is 0 Å². The average Bonchev–Trinajstić information content (AvgIpc) is 3.17. The summed E-state index contributed by atoms with van der Waals surface area (Å²) in [7, 11) is 0. The van der Waals surface area contributed by atoms with Crippen LogP contribution in [0.3, 0.4) is 0 Å². The fourth-order valence-corrected chi connectivity index (χ4v) is 5.09. The van der Waals surface area contributed by atoms with Gasteiger partial charge < -0.3 is 30.7 Å². The van der Waals surface area contributed by atoms with E-state index in [0.29, 0.717) is 16.0 Å². The Bertz CT molecular complexity index is 2050. The lowest BCUT2D eigenvalue weighted by Gasteiger charge is -2.37. The molecule has 0 saturated carbocycles. The van der Waals surface area contributed by atoms with E-state index < -0.39 is 130 Å². The van der Waals surface area contributed by atoms with Gasteiger partial charge in [0.2, 0.25) is 5.91 Å². The molecule has 4 rings (SSSR count). The molecule has 1 aliphatic rings. The smallest absolute Gasteiger partial charge is 0.318 e. The van der Waals surface area contributed by atoms with Gasteiger partial charge in [0.15, 0.2) is 6.61 Å². The second-order valence-corrected chi connectivity index (χ2v) is 10.7. The first-order valence-corrected chi connectivity index (χ1v) is 14.7. The summed E-state index contributed by atoms with van der Waals surface area (Å²) in [6, 6.07) is 6.18. The first-order valence-electron chi connectivity index (χ1n) is 23.2. The van der Waals surface area contributed by atoms with Crippen LogP contribution in [0, 0.1) is 19.6 Å². The van der Waals surface area contributed by atoms with Crippen molar-refractivity contribution in [2.45, 2.75) is 77.3 Å². The van der Waals surface area contributed by atoms with Crippen LogP contribution in [-0.4, -0.2) is 71.8 Å². The number of carbonyl (C=O) groups excluding carboxylic acids is 3. The Hall–Kier alpha value is -4.37. The monoisotopic (exact) mass is 645 g/mol. The molecular formula is C37H48N4O5. The van der Waals surface area contributed by atoms with E-state index >= 15 is 0 Å². The van der Waals surface area contributed by atoms with E-state index in [-0.39, 0.29) is 25.8 Å². The number of amides is 4. The number of urea groups is 1. The third kappa shape index (κ3) is 9.81. The predicted octanol–water partition coefficient (Wildman–Crippen LogP) is 4.33. The van der Waals surface area contributed by atoms with Gasteiger partial charge in [0.25, 0.3) is 5.91 Å². The molecule has 0 aliphatic carbocycles. The van der Waals surface area contributed by atoms with Crippen LogP contribution >= 0.6 is 0 Å². The molecule has 46 heavy (non-hydrogen) atoms. The van der Waals surface area contributed by atoms with Crippen LogP contribution in [0.5, 0.6) is 5.75 Å². The summed E-state index contributed by atoms with van der Waals surface area (Å²) in [6.45, 7) is -15.7. The van der Waals surface area contributed by atoms with E-state index in [1.807, 2.05) is 0 Å². The summed E-state index contributed by atoms with van der Waals surface area (Å²) < 4.78 is 145. The number of rotatable bonds is 15. The molecule has 3 aromatic rings. The molecular weight excluding hydrogens is 580 g/mol. The third-order valence-electron chi connectivity index (χ3n) is 7.27. The minimum Gasteiger partial charge on any atom is -0.483 e. The predicted molar refractivity (Wildman–Crippen MR) is 180 cm³/mol. The van der Waals surface area contributed by atoms with Crippen LogP contribution in [0.15, 0.2) is 78.8 Å². The lowest BCUT2D eigenvalue weighted by atomic mass is 9.92. The maximum Gasteiger partial charge on any atom is 0.318 e. The number of para-hydroxylation sites is 1. The van der Waals surface area contributed by atoms with Gasteiger partial charge in [-0.1, -0.05) is 92.5 Å². The molecule has 0 aromatic heterocycles. The van der Waals surface area contributed by atoms with Crippen LogP contribution in [0.2, 0.25) is 0 Å². The molecule has 1 fully saturated rings. The number of hydrogen-bond acceptors (Lipinski definition) is 5. The number of nitrogens with zero attached hydrogens (tertiary/aromatic N) is 1. The highest BCUT2D eigenvalue weighted by Gasteiger charge is 2.35. The number of aliphatic hydroxyl groups is 1. The highest BCUT2D eigenvalue weighted by atomic mass is 16.5. The third-order valence-corrected chi connectivity index (χ3v) is 7.27. The lowest BCUT2D eigenvalue weighted by Crippen LogP contribution is -2.59. The SMILES string of the molecule is [2H]c1c([2H])c(C([2H])([2H])[2H])c(OCC(=O)N[C@@H](Cc2ccccc2)[C@@H](O)C[C@H](Cc2ccccc2)NC(=O)[C@@]([2H])(N2CCCNC2=O)C([2H])(C([2H])([2H])[2H])C([2H])([2H])[2H])c(C([2H])([2H])[2H])c1[2H]. The number of hydrogen-bond donors (Lipinski definition) is 4. The van der Waals surface area contributed by atoms with E-state index in [4.69, 9.17) is 26.7 Å². The molecule has 9 heteroatoms. The van der Waals surface area contributed by atoms with Gasteiger partial charge >= 0.3 is 6.03 Å². The van der Waals surface area contributed by atoms with Crippen LogP contribution in [-0.2, 0) is 22.4 Å². The second kappa shape index (κ2) is 16.8. The molecule has 0 spiro atoms. The van der Waals surface area contributed by atoms with Crippen molar-refractivity contribution in [2.24, 2.45) is 5.89 Å². The van der Waals surface area contributed by atoms with Crippen LogP contribution in [0.4, 0.5) is 4.79 Å². The molecule has 1 aliphatic heterocycles. The molecule has 0 bridgehead atoms. The molecule has 0 radical (unpaired) electrons. The fraction of sp³-hybridized carbons (Fsp3) is 0.432. The molecule has 3 aromatic carbocycles. The van der Waals surface area contributed by atoms with Gasteiger partial charge in [-0.25, -0.2) is 4.79 Å². The number of aliphatic hydroxyl groups excluding tert-OH is 1. The quantitative estimate of drug-likeness (QED) is 0.196. The van der Waals surface area contributed by atoms with Gasteiger partial charge in [0.05, 0.1) is 17.6 Å². The van der Waals surface area contributed by atoms with E-state index in [0.717, 1.165) is 0 Å². The maximum absolute atomic E-state index is 14.5. The Morgan fingerprint density at radius 2 is 1.67 bits per heavy atom. The van der Waals surface area contributed by atoms with Crippen LogP contribution in [0.25, 0.3) is 0 Å². The zero-order valence-corrected chi connectivity index (χ0v) is 25.0. The van der Waals surface area contributed by atoms with Gasteiger partial charge in [-0.2, -0.15) is 0 Å². The Balaban J connectivity index is 1.75. The van der Waals surface area contributed by atoms with E-state index in [1.54, 1.807) is 60.7 Å². The van der Waals surface area contributed by atoms with Crippen molar-refractivity contribution < 1.29 is 47.5 Å². The molecule has 1 saturated heterocycles. The van der Waals surface area contributed by atoms with Crippen molar-refractivity contribution in [3.05, 3.63) is 101 Å². The number of ether oxygens (including phenoxy) is 1. The van der Waals surface area contributed by atoms with Crippen LogP contribution in [0.1, 0.15) is 72.1 Å². The van der Waals surface area contributed by atoms with Crippen molar-refractivity contribution in [2.75, 3.05) is 19.7 Å². The average molecular weight is 646 g/mol. The number of benzene rings is 3. The summed E-state index contributed by atoms with van der Waals surface area (Å²) in [5.74, 6) is -7.62. The van der Waals surface area contributed by atoms with Crippen molar-refractivity contribution in [1.82, 2.24) is 20.9 Å². The van der Waals surface area contributed by atoms with Gasteiger partial charge in [0.1, 0.15) is 11.8 Å². The first kappa shape index (κ1) is 18.1. The number of nitrogens with one attached hydrogen (secondary N) is 3. The molecule has 246 valence electrons. The van der Waals surface area contributed by atoms with Crippen LogP contribution < -0.4 is 20.7 Å². The van der Waals surface area contributed by atoms with Gasteiger partial charge in [-0.05, 0) is 67.5 Å². The fourth-order valence-electron chi connectivity index (χ4n) is 5.09. The summed E-state index contributed by atoms with van der Waals surface area (Å²) in [6.07, 6.45) is -2.37. The lowest BCUT2D eigenvalue weighted by molar-refractivity contribution is -0.128. The highest BCUT2D eigenvalue weighted by Crippen LogP contribution is 2.22. The summed E-state index contributed by atoms with van der Waals surface area (Å²) >= 11 is 0. The molecule has 4 amide bonds. The summed E-state index contributed by atoms with van der Waals surface area (Å²) in [4.78, 5) is 41.8. The van der Waals surface area contributed by atoms with Gasteiger partial charge in [0, 0.05) is 37.0 Å². The maximum atomic E-state index is 14.5. The van der Waals surface area contributed by atoms with E-state index in [2.05, 4.69) is 16.0 Å². The van der Waals surface area contributed by atoms with E-state index in [9.17, 15) is 20.9 Å². The molecule has 9 nitrogen and oxygen atoms in total. The molecule has 0 unspecified atom stereocenters. The largest absolute Gasteiger partial charge is 0.483 e. The standard InChI is InChI=1S/C37H48N4O5/c1-25(2)34(41-20-12-19-38-37(41)45)36(44)39-30(21-28-15-7-5-8-16-28)23-32(42)31(22-29-17-9-6-10-18-29)40-33(43)24-46-35-26(3)13-11-14-27(35)4/h5-11,13-18,25,30-32,34,42H,12,19-24H2,1-4H3,(H,38,45)(H,39,44)(H,40,43)/t30-,31-,32-,34-/m0/s1/i1D3,2D3,3D3,4D3,11D,13D,14D,25D,34D. The van der Waals surface area contributed by atoms with Crippen molar-refractivity contribution in [1.29, 1.82) is 0 Å². The Morgan fingerprint density at radius 3 is 2.28 bits per heavy atom. The first-order chi connectivity index (χ1) is 29.0.